The van der Waals surface area contributed by atoms with Gasteiger partial charge in [0.1, 0.15) is 5.82 Å². The first-order valence-corrected chi connectivity index (χ1v) is 6.04. The van der Waals surface area contributed by atoms with Crippen LogP contribution in [0.3, 0.4) is 0 Å². The van der Waals surface area contributed by atoms with E-state index in [9.17, 15) is 9.18 Å². The third-order valence-electron chi connectivity index (χ3n) is 3.01. The van der Waals surface area contributed by atoms with E-state index in [2.05, 4.69) is 0 Å². The number of benzene rings is 1. The predicted octanol–water partition coefficient (Wildman–Crippen LogP) is 1.88. The minimum absolute atomic E-state index is 0.0176. The molecule has 0 bridgehead atoms. The van der Waals surface area contributed by atoms with Crippen LogP contribution in [-0.4, -0.2) is 18.3 Å². The van der Waals surface area contributed by atoms with Crippen molar-refractivity contribution < 1.29 is 9.18 Å². The van der Waals surface area contributed by atoms with Crippen molar-refractivity contribution in [3.63, 3.8) is 0 Å². The average molecular weight is 257 g/mol. The van der Waals surface area contributed by atoms with Gasteiger partial charge in [-0.3, -0.25) is 4.79 Å². The molecule has 1 aromatic rings. The number of nitrogens with zero attached hydrogens (tertiary/aromatic N) is 1. The maximum Gasteiger partial charge on any atom is 0.227 e. The van der Waals surface area contributed by atoms with Gasteiger partial charge >= 0.3 is 0 Å². The number of carbonyl (C=O) groups is 1. The summed E-state index contributed by atoms with van der Waals surface area (Å²) in [6.45, 7) is 0.621. The molecule has 1 unspecified atom stereocenters. The lowest BCUT2D eigenvalue weighted by Gasteiger charge is -2.20. The van der Waals surface area contributed by atoms with Crippen molar-refractivity contribution in [2.45, 2.75) is 13.0 Å². The normalized spacial score (nSPS) is 20.1. The molecule has 1 saturated heterocycles. The molecule has 1 atom stereocenters. The fourth-order valence-corrected chi connectivity index (χ4v) is 2.33. The van der Waals surface area contributed by atoms with Crippen LogP contribution in [0.15, 0.2) is 18.2 Å². The van der Waals surface area contributed by atoms with Crippen LogP contribution in [0.25, 0.3) is 0 Å². The van der Waals surface area contributed by atoms with E-state index < -0.39 is 0 Å². The minimum atomic E-state index is -0.368. The van der Waals surface area contributed by atoms with Crippen molar-refractivity contribution in [3.8, 4) is 0 Å². The second-order valence-corrected chi connectivity index (χ2v) is 4.48. The molecule has 1 fully saturated rings. The van der Waals surface area contributed by atoms with Gasteiger partial charge in [-0.05, 0) is 18.1 Å². The molecule has 1 amide bonds. The third kappa shape index (κ3) is 2.28. The van der Waals surface area contributed by atoms with Gasteiger partial charge in [0.2, 0.25) is 5.91 Å². The zero-order valence-corrected chi connectivity index (χ0v) is 10.1. The van der Waals surface area contributed by atoms with E-state index in [0.717, 1.165) is 0 Å². The van der Waals surface area contributed by atoms with Crippen LogP contribution in [0.2, 0.25) is 0 Å². The zero-order valence-electron chi connectivity index (χ0n) is 9.33. The van der Waals surface area contributed by atoms with Crippen molar-refractivity contribution in [1.29, 1.82) is 0 Å². The smallest absolute Gasteiger partial charge is 0.227 e. The molecular weight excluding hydrogens is 243 g/mol. The Morgan fingerprint density at radius 3 is 2.88 bits per heavy atom. The fourth-order valence-electron chi connectivity index (χ4n) is 2.12. The summed E-state index contributed by atoms with van der Waals surface area (Å²) in [4.78, 5) is 13.4. The maximum atomic E-state index is 13.6. The molecule has 2 rings (SSSR count). The molecule has 5 heteroatoms. The monoisotopic (exact) mass is 256 g/mol. The molecule has 0 aromatic heterocycles. The molecule has 0 aliphatic carbocycles. The highest BCUT2D eigenvalue weighted by Crippen LogP contribution is 2.29. The Balaban J connectivity index is 2.34. The van der Waals surface area contributed by atoms with Gasteiger partial charge in [-0.1, -0.05) is 6.07 Å². The van der Waals surface area contributed by atoms with Crippen LogP contribution in [-0.2, 0) is 11.3 Å². The van der Waals surface area contributed by atoms with E-state index in [0.29, 0.717) is 30.1 Å². The lowest BCUT2D eigenvalue weighted by molar-refractivity contribution is -0.117. The number of anilines is 1. The van der Waals surface area contributed by atoms with Crippen LogP contribution in [0.5, 0.6) is 0 Å². The van der Waals surface area contributed by atoms with Crippen molar-refractivity contribution in [2.75, 3.05) is 17.3 Å². The molecule has 3 nitrogen and oxygen atoms in total. The summed E-state index contributed by atoms with van der Waals surface area (Å²) in [6.07, 6.45) is 0.421. The third-order valence-corrected chi connectivity index (χ3v) is 3.45. The molecule has 0 radical (unpaired) electrons. The highest BCUT2D eigenvalue weighted by Gasteiger charge is 2.31. The van der Waals surface area contributed by atoms with E-state index in [1.165, 1.54) is 6.07 Å². The summed E-state index contributed by atoms with van der Waals surface area (Å²) in [6, 6.07) is 4.66. The Morgan fingerprint density at radius 1 is 1.53 bits per heavy atom. The largest absolute Gasteiger partial charge is 0.326 e. The van der Waals surface area contributed by atoms with Gasteiger partial charge in [0.15, 0.2) is 0 Å². The van der Waals surface area contributed by atoms with Crippen molar-refractivity contribution in [1.82, 2.24) is 0 Å². The fraction of sp³-hybridized carbons (Fsp3) is 0.417. The van der Waals surface area contributed by atoms with E-state index in [1.54, 1.807) is 17.0 Å². The minimum Gasteiger partial charge on any atom is -0.326 e. The van der Waals surface area contributed by atoms with Crippen LogP contribution >= 0.6 is 11.6 Å². The molecular formula is C12H14ClFN2O. The Hall–Kier alpha value is -1.13. The van der Waals surface area contributed by atoms with E-state index in [-0.39, 0.29) is 24.2 Å². The van der Waals surface area contributed by atoms with Gasteiger partial charge in [-0.25, -0.2) is 4.39 Å². The summed E-state index contributed by atoms with van der Waals surface area (Å²) in [5, 5.41) is 0. The number of amides is 1. The van der Waals surface area contributed by atoms with Crippen molar-refractivity contribution >= 4 is 23.2 Å². The Bertz CT molecular complexity index is 439. The van der Waals surface area contributed by atoms with E-state index >= 15 is 0 Å². The second-order valence-electron chi connectivity index (χ2n) is 4.17. The number of rotatable bonds is 3. The number of alkyl halides is 1. The molecule has 92 valence electrons. The molecule has 1 aliphatic heterocycles. The molecule has 0 saturated carbocycles. The second kappa shape index (κ2) is 5.02. The number of halogens is 2. The first kappa shape index (κ1) is 12.3. The van der Waals surface area contributed by atoms with Gasteiger partial charge < -0.3 is 10.6 Å². The van der Waals surface area contributed by atoms with Crippen LogP contribution in [0.1, 0.15) is 12.0 Å². The molecule has 1 heterocycles. The zero-order chi connectivity index (χ0) is 12.4. The van der Waals surface area contributed by atoms with Crippen LogP contribution in [0.4, 0.5) is 10.1 Å². The Kier molecular flexibility index (Phi) is 3.64. The van der Waals surface area contributed by atoms with E-state index in [1.807, 2.05) is 0 Å². The number of nitrogens with two attached hydrogens (primary N) is 1. The average Bonchev–Trinajstić information content (AvgIpc) is 2.70. The lowest BCUT2D eigenvalue weighted by Crippen LogP contribution is -2.26. The summed E-state index contributed by atoms with van der Waals surface area (Å²) < 4.78 is 13.6. The van der Waals surface area contributed by atoms with Gasteiger partial charge in [0.05, 0.1) is 5.69 Å². The van der Waals surface area contributed by atoms with Crippen molar-refractivity contribution in [2.24, 2.45) is 11.7 Å². The summed E-state index contributed by atoms with van der Waals surface area (Å²) >= 11 is 5.75. The molecule has 17 heavy (non-hydrogen) atoms. The quantitative estimate of drug-likeness (QED) is 0.840. The molecule has 0 spiro atoms. The molecule has 1 aliphatic rings. The summed E-state index contributed by atoms with van der Waals surface area (Å²) in [5.41, 5.74) is 6.49. The van der Waals surface area contributed by atoms with E-state index in [4.69, 9.17) is 17.3 Å². The van der Waals surface area contributed by atoms with Gasteiger partial charge in [0.25, 0.3) is 0 Å². The summed E-state index contributed by atoms with van der Waals surface area (Å²) in [5.74, 6) is 0.191. The maximum absolute atomic E-state index is 13.6. The SMILES string of the molecule is NCc1c(F)cccc1N1CC(CCl)CC1=O. The predicted molar refractivity (Wildman–Crippen MR) is 65.5 cm³/mol. The standard InChI is InChI=1S/C12H14ClFN2O/c13-5-8-4-12(17)16(7-8)11-3-1-2-10(14)9(11)6-15/h1-3,8H,4-7,15H2. The topological polar surface area (TPSA) is 46.3 Å². The first-order valence-electron chi connectivity index (χ1n) is 5.51. The Morgan fingerprint density at radius 2 is 2.29 bits per heavy atom. The van der Waals surface area contributed by atoms with Crippen molar-refractivity contribution in [3.05, 3.63) is 29.6 Å². The molecule has 2 N–H and O–H groups in total. The highest BCUT2D eigenvalue weighted by molar-refractivity contribution is 6.18. The Labute approximate surface area is 104 Å². The number of hydrogen-bond acceptors (Lipinski definition) is 2. The first-order chi connectivity index (χ1) is 8.17. The summed E-state index contributed by atoms with van der Waals surface area (Å²) in [7, 11) is 0. The van der Waals surface area contributed by atoms with Gasteiger partial charge in [-0.15, -0.1) is 11.6 Å². The van der Waals surface area contributed by atoms with Gasteiger partial charge in [-0.2, -0.15) is 0 Å². The highest BCUT2D eigenvalue weighted by atomic mass is 35.5. The number of hydrogen-bond donors (Lipinski definition) is 1. The lowest BCUT2D eigenvalue weighted by atomic mass is 10.1. The molecule has 1 aromatic carbocycles. The van der Waals surface area contributed by atoms with Crippen LogP contribution in [0, 0.1) is 11.7 Å². The number of carbonyl (C=O) groups excluding carboxylic acids is 1. The van der Waals surface area contributed by atoms with Crippen LogP contribution < -0.4 is 10.6 Å². The van der Waals surface area contributed by atoms with Gasteiger partial charge in [0, 0.05) is 31.0 Å².